The maximum atomic E-state index is 10.6. The maximum Gasteiger partial charge on any atom is 0.328 e. The lowest BCUT2D eigenvalue weighted by molar-refractivity contribution is -0.131. The van der Waals surface area contributed by atoms with Crippen LogP contribution in [0.15, 0.2) is 42.5 Å². The highest BCUT2D eigenvalue weighted by Crippen LogP contribution is 2.22. The van der Waals surface area contributed by atoms with Crippen LogP contribution in [-0.4, -0.2) is 22.7 Å². The van der Waals surface area contributed by atoms with Crippen LogP contribution in [-0.2, 0) is 4.79 Å². The lowest BCUT2D eigenvalue weighted by Gasteiger charge is -2.07. The number of benzene rings is 1. The van der Waals surface area contributed by atoms with Gasteiger partial charge in [0.15, 0.2) is 0 Å². The highest BCUT2D eigenvalue weighted by atomic mass is 16.5. The number of pyridine rings is 1. The number of nitrogens with zero attached hydrogens (tertiary/aromatic N) is 1. The predicted octanol–water partition coefficient (Wildman–Crippen LogP) is 3.94. The molecule has 0 fully saturated rings. The first kappa shape index (κ1) is 15.8. The van der Waals surface area contributed by atoms with Gasteiger partial charge in [-0.15, -0.1) is 0 Å². The topological polar surface area (TPSA) is 59.4 Å². The Kier molecular flexibility index (Phi) is 5.31. The van der Waals surface area contributed by atoms with E-state index in [-0.39, 0.29) is 0 Å². The molecule has 0 aliphatic rings. The van der Waals surface area contributed by atoms with Crippen molar-refractivity contribution < 1.29 is 14.6 Å². The second-order valence-corrected chi connectivity index (χ2v) is 4.92. The number of aryl methyl sites for hydroxylation is 1. The first-order chi connectivity index (χ1) is 10.6. The number of ether oxygens (including phenoxy) is 1. The highest BCUT2D eigenvalue weighted by Gasteiger charge is 2.03. The summed E-state index contributed by atoms with van der Waals surface area (Å²) >= 11 is 0. The molecule has 1 aromatic carbocycles. The van der Waals surface area contributed by atoms with Gasteiger partial charge in [-0.05, 0) is 55.3 Å². The van der Waals surface area contributed by atoms with E-state index >= 15 is 0 Å². The van der Waals surface area contributed by atoms with E-state index in [9.17, 15) is 4.79 Å². The van der Waals surface area contributed by atoms with Gasteiger partial charge < -0.3 is 9.84 Å². The number of aromatic nitrogens is 1. The molecule has 0 aliphatic carbocycles. The van der Waals surface area contributed by atoms with E-state index in [0.29, 0.717) is 6.61 Å². The van der Waals surface area contributed by atoms with Gasteiger partial charge in [0.05, 0.1) is 12.3 Å². The summed E-state index contributed by atoms with van der Waals surface area (Å²) in [5.74, 6) is -0.116. The van der Waals surface area contributed by atoms with Crippen molar-refractivity contribution >= 4 is 12.0 Å². The van der Waals surface area contributed by atoms with Gasteiger partial charge in [0.1, 0.15) is 5.75 Å². The molecule has 4 nitrogen and oxygen atoms in total. The fourth-order valence-corrected chi connectivity index (χ4v) is 2.01. The molecule has 114 valence electrons. The average Bonchev–Trinajstić information content (AvgIpc) is 2.52. The normalized spacial score (nSPS) is 10.8. The van der Waals surface area contributed by atoms with Crippen molar-refractivity contribution in [1.29, 1.82) is 0 Å². The van der Waals surface area contributed by atoms with E-state index < -0.39 is 5.97 Å². The summed E-state index contributed by atoms with van der Waals surface area (Å²) in [6.45, 7) is 4.65. The van der Waals surface area contributed by atoms with Crippen LogP contribution in [0.4, 0.5) is 0 Å². The first-order valence-corrected chi connectivity index (χ1v) is 7.22. The van der Waals surface area contributed by atoms with Gasteiger partial charge in [-0.3, -0.25) is 4.98 Å². The molecular formula is C18H19NO3. The molecule has 0 spiro atoms. The number of aliphatic carboxylic acids is 1. The van der Waals surface area contributed by atoms with Crippen molar-refractivity contribution in [3.05, 3.63) is 53.7 Å². The molecular weight excluding hydrogens is 278 g/mol. The first-order valence-electron chi connectivity index (χ1n) is 7.22. The van der Waals surface area contributed by atoms with E-state index in [1.165, 1.54) is 0 Å². The Hall–Kier alpha value is -2.62. The zero-order valence-electron chi connectivity index (χ0n) is 12.7. The van der Waals surface area contributed by atoms with Gasteiger partial charge in [-0.1, -0.05) is 13.0 Å². The van der Waals surface area contributed by atoms with Crippen LogP contribution in [0.25, 0.3) is 17.3 Å². The maximum absolute atomic E-state index is 10.6. The minimum atomic E-state index is -0.967. The van der Waals surface area contributed by atoms with Gasteiger partial charge in [0.2, 0.25) is 0 Å². The summed E-state index contributed by atoms with van der Waals surface area (Å²) in [6, 6.07) is 11.6. The lowest BCUT2D eigenvalue weighted by Crippen LogP contribution is -1.95. The molecule has 2 rings (SSSR count). The molecule has 4 heteroatoms. The Bertz CT molecular complexity index is 675. The number of carboxylic acid groups (broad SMARTS) is 1. The summed E-state index contributed by atoms with van der Waals surface area (Å²) in [5, 5.41) is 8.67. The predicted molar refractivity (Wildman–Crippen MR) is 86.9 cm³/mol. The van der Waals surface area contributed by atoms with Crippen molar-refractivity contribution in [1.82, 2.24) is 4.98 Å². The lowest BCUT2D eigenvalue weighted by atomic mass is 10.1. The molecule has 0 radical (unpaired) electrons. The Morgan fingerprint density at radius 1 is 1.23 bits per heavy atom. The summed E-state index contributed by atoms with van der Waals surface area (Å²) < 4.78 is 5.56. The number of rotatable bonds is 6. The Labute approximate surface area is 130 Å². The second kappa shape index (κ2) is 7.41. The van der Waals surface area contributed by atoms with Crippen molar-refractivity contribution in [2.75, 3.05) is 6.61 Å². The van der Waals surface area contributed by atoms with E-state index in [1.54, 1.807) is 6.08 Å². The molecule has 1 aromatic heterocycles. The SMILES string of the molecule is CCCOc1ccc(-c2ccc(/C=C/C(=O)O)c(C)n2)cc1. The van der Waals surface area contributed by atoms with Crippen LogP contribution in [0.1, 0.15) is 24.6 Å². The van der Waals surface area contributed by atoms with Gasteiger partial charge in [-0.2, -0.15) is 0 Å². The van der Waals surface area contributed by atoms with Crippen molar-refractivity contribution in [3.8, 4) is 17.0 Å². The number of hydrogen-bond acceptors (Lipinski definition) is 3. The molecule has 2 aromatic rings. The molecule has 22 heavy (non-hydrogen) atoms. The summed E-state index contributed by atoms with van der Waals surface area (Å²) in [6.07, 6.45) is 3.65. The number of carbonyl (C=O) groups is 1. The Morgan fingerprint density at radius 2 is 1.95 bits per heavy atom. The third kappa shape index (κ3) is 4.19. The highest BCUT2D eigenvalue weighted by molar-refractivity contribution is 5.85. The number of carboxylic acids is 1. The second-order valence-electron chi connectivity index (χ2n) is 4.92. The Balaban J connectivity index is 2.19. The van der Waals surface area contributed by atoms with Crippen LogP contribution in [0.5, 0.6) is 5.75 Å². The average molecular weight is 297 g/mol. The van der Waals surface area contributed by atoms with E-state index in [1.807, 2.05) is 43.3 Å². The molecule has 0 saturated heterocycles. The van der Waals surface area contributed by atoms with Crippen LogP contribution < -0.4 is 4.74 Å². The molecule has 0 amide bonds. The van der Waals surface area contributed by atoms with Gasteiger partial charge >= 0.3 is 5.97 Å². The van der Waals surface area contributed by atoms with Gasteiger partial charge in [0, 0.05) is 17.3 Å². The summed E-state index contributed by atoms with van der Waals surface area (Å²) in [5.41, 5.74) is 3.45. The van der Waals surface area contributed by atoms with Crippen LogP contribution in [0, 0.1) is 6.92 Å². The number of hydrogen-bond donors (Lipinski definition) is 1. The minimum absolute atomic E-state index is 0.710. The smallest absolute Gasteiger partial charge is 0.328 e. The quantitative estimate of drug-likeness (QED) is 0.820. The Morgan fingerprint density at radius 3 is 2.55 bits per heavy atom. The van der Waals surface area contributed by atoms with E-state index in [4.69, 9.17) is 9.84 Å². The molecule has 1 N–H and O–H groups in total. The van der Waals surface area contributed by atoms with Crippen LogP contribution in [0.2, 0.25) is 0 Å². The molecule has 0 atom stereocenters. The zero-order valence-corrected chi connectivity index (χ0v) is 12.7. The zero-order chi connectivity index (χ0) is 15.9. The van der Waals surface area contributed by atoms with Crippen LogP contribution in [0.3, 0.4) is 0 Å². The molecule has 0 bridgehead atoms. The third-order valence-electron chi connectivity index (χ3n) is 3.16. The fourth-order valence-electron chi connectivity index (χ4n) is 2.01. The van der Waals surface area contributed by atoms with Crippen molar-refractivity contribution in [2.45, 2.75) is 20.3 Å². The summed E-state index contributed by atoms with van der Waals surface area (Å²) in [4.78, 5) is 15.1. The van der Waals surface area contributed by atoms with Crippen molar-refractivity contribution in [2.24, 2.45) is 0 Å². The standard InChI is InChI=1S/C18H19NO3/c1-3-12-22-16-8-4-15(5-9-16)17-10-6-14(13(2)19-17)7-11-18(20)21/h4-11H,3,12H2,1-2H3,(H,20,21)/b11-7+. The van der Waals surface area contributed by atoms with Crippen molar-refractivity contribution in [3.63, 3.8) is 0 Å². The monoisotopic (exact) mass is 297 g/mol. The molecule has 0 aliphatic heterocycles. The molecule has 1 heterocycles. The minimum Gasteiger partial charge on any atom is -0.494 e. The fraction of sp³-hybridized carbons (Fsp3) is 0.222. The molecule has 0 saturated carbocycles. The molecule has 0 unspecified atom stereocenters. The van der Waals surface area contributed by atoms with E-state index in [2.05, 4.69) is 11.9 Å². The van der Waals surface area contributed by atoms with Gasteiger partial charge in [-0.25, -0.2) is 4.79 Å². The van der Waals surface area contributed by atoms with Gasteiger partial charge in [0.25, 0.3) is 0 Å². The van der Waals surface area contributed by atoms with E-state index in [0.717, 1.165) is 40.8 Å². The largest absolute Gasteiger partial charge is 0.494 e. The van der Waals surface area contributed by atoms with Crippen LogP contribution >= 0.6 is 0 Å². The summed E-state index contributed by atoms with van der Waals surface area (Å²) in [7, 11) is 0. The third-order valence-corrected chi connectivity index (χ3v) is 3.16.